The summed E-state index contributed by atoms with van der Waals surface area (Å²) >= 11 is 0. The summed E-state index contributed by atoms with van der Waals surface area (Å²) in [5.74, 6) is 1.46. The molecule has 1 amide bonds. The number of amides is 1. The molecule has 1 N–H and O–H groups in total. The van der Waals surface area contributed by atoms with E-state index in [-0.39, 0.29) is 12.0 Å². The molecule has 176 valence electrons. The molecule has 0 bridgehead atoms. The molecule has 3 aromatic heterocycles. The van der Waals surface area contributed by atoms with Gasteiger partial charge in [-0.15, -0.1) is 0 Å². The largest absolute Gasteiger partial charge is 0.489 e. The molecule has 1 aliphatic heterocycles. The number of nitrogens with zero attached hydrogens (tertiary/aromatic N) is 4. The molecule has 3 aromatic rings. The zero-order valence-electron chi connectivity index (χ0n) is 19.7. The lowest BCUT2D eigenvalue weighted by Gasteiger charge is -2.31. The van der Waals surface area contributed by atoms with Crippen molar-refractivity contribution in [3.8, 4) is 16.9 Å². The summed E-state index contributed by atoms with van der Waals surface area (Å²) < 4.78 is 12.8. The molecule has 4 rings (SSSR count). The van der Waals surface area contributed by atoms with Crippen LogP contribution in [0.3, 0.4) is 0 Å². The zero-order chi connectivity index (χ0) is 23.2. The van der Waals surface area contributed by atoms with Gasteiger partial charge in [0.15, 0.2) is 0 Å². The third-order valence-electron chi connectivity index (χ3n) is 6.02. The van der Waals surface area contributed by atoms with Crippen LogP contribution in [0.5, 0.6) is 5.75 Å². The monoisotopic (exact) mass is 451 g/mol. The maximum Gasteiger partial charge on any atom is 0.287 e. The van der Waals surface area contributed by atoms with E-state index in [1.807, 2.05) is 42.6 Å². The average Bonchev–Trinajstić information content (AvgIpc) is 3.25. The summed E-state index contributed by atoms with van der Waals surface area (Å²) in [6.45, 7) is 8.48. The Balaban J connectivity index is 1.42. The van der Waals surface area contributed by atoms with E-state index in [0.29, 0.717) is 18.3 Å². The molecular weight excluding hydrogens is 418 g/mol. The Labute approximate surface area is 194 Å². The third kappa shape index (κ3) is 5.89. The maximum absolute atomic E-state index is 12.9. The molecule has 0 aromatic carbocycles. The number of hydrogen-bond acceptors (Lipinski definition) is 6. The molecule has 33 heavy (non-hydrogen) atoms. The molecular formula is C25H33N5O3. The van der Waals surface area contributed by atoms with E-state index in [0.717, 1.165) is 61.5 Å². The first-order chi connectivity index (χ1) is 16.0. The quantitative estimate of drug-likeness (QED) is 0.538. The molecule has 0 saturated carbocycles. The number of aromatic nitrogens is 3. The van der Waals surface area contributed by atoms with Gasteiger partial charge in [-0.1, -0.05) is 6.07 Å². The molecule has 4 heterocycles. The van der Waals surface area contributed by atoms with Crippen molar-refractivity contribution in [2.24, 2.45) is 5.92 Å². The second kappa shape index (κ2) is 10.8. The number of nitrogens with one attached hydrogen (secondary N) is 1. The minimum Gasteiger partial charge on any atom is -0.489 e. The van der Waals surface area contributed by atoms with Gasteiger partial charge in [0.05, 0.1) is 30.6 Å². The summed E-state index contributed by atoms with van der Waals surface area (Å²) in [7, 11) is 1.74. The van der Waals surface area contributed by atoms with Gasteiger partial charge in [-0.2, -0.15) is 0 Å². The van der Waals surface area contributed by atoms with E-state index in [9.17, 15) is 4.79 Å². The summed E-state index contributed by atoms with van der Waals surface area (Å²) in [6, 6.07) is 5.93. The van der Waals surface area contributed by atoms with Crippen LogP contribution in [0.2, 0.25) is 0 Å². The van der Waals surface area contributed by atoms with Crippen LogP contribution >= 0.6 is 0 Å². The lowest BCUT2D eigenvalue weighted by atomic mass is 9.97. The third-order valence-corrected chi connectivity index (χ3v) is 6.02. The number of rotatable bonds is 9. The summed E-state index contributed by atoms with van der Waals surface area (Å²) in [4.78, 5) is 24.0. The van der Waals surface area contributed by atoms with Crippen LogP contribution in [0.25, 0.3) is 16.6 Å². The van der Waals surface area contributed by atoms with Crippen LogP contribution in [-0.2, 0) is 4.74 Å². The predicted octanol–water partition coefficient (Wildman–Crippen LogP) is 3.27. The Kier molecular flexibility index (Phi) is 7.57. The van der Waals surface area contributed by atoms with Gasteiger partial charge in [0.25, 0.3) is 5.91 Å². The van der Waals surface area contributed by atoms with E-state index < -0.39 is 0 Å². The number of pyridine rings is 2. The van der Waals surface area contributed by atoms with Crippen molar-refractivity contribution in [3.63, 3.8) is 0 Å². The Hall–Kier alpha value is -2.97. The van der Waals surface area contributed by atoms with Gasteiger partial charge in [0.1, 0.15) is 5.75 Å². The minimum atomic E-state index is -0.149. The van der Waals surface area contributed by atoms with Gasteiger partial charge in [-0.05, 0) is 57.8 Å². The molecule has 0 radical (unpaired) electrons. The fraction of sp³-hybridized carbons (Fsp3) is 0.480. The maximum atomic E-state index is 12.9. The molecule has 0 aliphatic carbocycles. The lowest BCUT2D eigenvalue weighted by Crippen LogP contribution is -2.40. The van der Waals surface area contributed by atoms with E-state index in [1.54, 1.807) is 25.7 Å². The van der Waals surface area contributed by atoms with Crippen molar-refractivity contribution in [1.29, 1.82) is 0 Å². The van der Waals surface area contributed by atoms with E-state index >= 15 is 0 Å². The highest BCUT2D eigenvalue weighted by molar-refractivity contribution is 5.92. The van der Waals surface area contributed by atoms with E-state index in [4.69, 9.17) is 9.47 Å². The molecule has 8 nitrogen and oxygen atoms in total. The van der Waals surface area contributed by atoms with Crippen molar-refractivity contribution in [2.75, 3.05) is 39.9 Å². The highest BCUT2D eigenvalue weighted by Gasteiger charge is 2.21. The Morgan fingerprint density at radius 2 is 2.00 bits per heavy atom. The SMILES string of the molecule is COCCN1CCC(CNC(=O)c2ncc3ccc(-c4cncc(OC(C)C)c4)cn23)CC1. The molecule has 8 heteroatoms. The summed E-state index contributed by atoms with van der Waals surface area (Å²) in [5.41, 5.74) is 2.74. The fourth-order valence-corrected chi connectivity index (χ4v) is 4.19. The number of piperidine rings is 1. The molecule has 1 saturated heterocycles. The zero-order valence-corrected chi connectivity index (χ0v) is 19.7. The van der Waals surface area contributed by atoms with Gasteiger partial charge in [0, 0.05) is 43.7 Å². The first-order valence-corrected chi connectivity index (χ1v) is 11.6. The number of imidazole rings is 1. The van der Waals surface area contributed by atoms with Gasteiger partial charge in [-0.3, -0.25) is 14.2 Å². The first kappa shape index (κ1) is 23.2. The standard InChI is InChI=1S/C25H33N5O3/c1-18(2)33-23-12-21(14-26-16-23)20-4-5-22-15-27-24(30(22)17-20)25(31)28-13-19-6-8-29(9-7-19)10-11-32-3/h4-5,12,14-19H,6-11,13H2,1-3H3,(H,28,31). The number of fused-ring (bicyclic) bond motifs is 1. The van der Waals surface area contributed by atoms with E-state index in [1.165, 1.54) is 0 Å². The average molecular weight is 452 g/mol. The predicted molar refractivity (Wildman–Crippen MR) is 128 cm³/mol. The van der Waals surface area contributed by atoms with Gasteiger partial charge < -0.3 is 19.7 Å². The van der Waals surface area contributed by atoms with Gasteiger partial charge >= 0.3 is 0 Å². The number of likely N-dealkylation sites (tertiary alicyclic amines) is 1. The summed E-state index contributed by atoms with van der Waals surface area (Å²) in [6.07, 6.45) is 9.40. The Bertz CT molecular complexity index is 1070. The number of methoxy groups -OCH3 is 1. The Morgan fingerprint density at radius 1 is 1.18 bits per heavy atom. The minimum absolute atomic E-state index is 0.0751. The van der Waals surface area contributed by atoms with Crippen LogP contribution in [0.15, 0.2) is 43.0 Å². The normalized spacial score (nSPS) is 15.3. The molecule has 1 fully saturated rings. The van der Waals surface area contributed by atoms with E-state index in [2.05, 4.69) is 20.2 Å². The van der Waals surface area contributed by atoms with Crippen LogP contribution in [0.1, 0.15) is 37.3 Å². The first-order valence-electron chi connectivity index (χ1n) is 11.6. The molecule has 0 unspecified atom stereocenters. The number of ether oxygens (including phenoxy) is 2. The highest BCUT2D eigenvalue weighted by Crippen LogP contribution is 2.24. The van der Waals surface area contributed by atoms with Crippen molar-refractivity contribution < 1.29 is 14.3 Å². The summed E-state index contributed by atoms with van der Waals surface area (Å²) in [5, 5.41) is 3.10. The van der Waals surface area contributed by atoms with Crippen LogP contribution in [0.4, 0.5) is 0 Å². The molecule has 0 atom stereocenters. The number of carbonyl (C=O) groups excluding carboxylic acids is 1. The Morgan fingerprint density at radius 3 is 2.76 bits per heavy atom. The van der Waals surface area contributed by atoms with Crippen molar-refractivity contribution in [1.82, 2.24) is 24.6 Å². The second-order valence-electron chi connectivity index (χ2n) is 8.86. The van der Waals surface area contributed by atoms with Crippen molar-refractivity contribution in [3.05, 3.63) is 48.8 Å². The van der Waals surface area contributed by atoms with Gasteiger partial charge in [-0.25, -0.2) is 4.98 Å². The molecule has 0 spiro atoms. The second-order valence-corrected chi connectivity index (χ2v) is 8.86. The molecule has 1 aliphatic rings. The van der Waals surface area contributed by atoms with Crippen molar-refractivity contribution in [2.45, 2.75) is 32.8 Å². The van der Waals surface area contributed by atoms with Gasteiger partial charge in [0.2, 0.25) is 5.82 Å². The smallest absolute Gasteiger partial charge is 0.287 e. The number of hydrogen-bond donors (Lipinski definition) is 1. The topological polar surface area (TPSA) is 81.0 Å². The van der Waals surface area contributed by atoms with Crippen LogP contribution in [0, 0.1) is 5.92 Å². The van der Waals surface area contributed by atoms with Crippen LogP contribution < -0.4 is 10.1 Å². The van der Waals surface area contributed by atoms with Crippen molar-refractivity contribution >= 4 is 11.4 Å². The lowest BCUT2D eigenvalue weighted by molar-refractivity contribution is 0.0915. The van der Waals surface area contributed by atoms with Crippen LogP contribution in [-0.4, -0.2) is 71.2 Å². The number of carbonyl (C=O) groups is 1. The fourth-order valence-electron chi connectivity index (χ4n) is 4.19. The highest BCUT2D eigenvalue weighted by atomic mass is 16.5.